The van der Waals surface area contributed by atoms with E-state index in [2.05, 4.69) is 6.92 Å². The lowest BCUT2D eigenvalue weighted by molar-refractivity contribution is -0.193. The van der Waals surface area contributed by atoms with Gasteiger partial charge in [0.15, 0.2) is 6.29 Å². The fraction of sp³-hybridized carbons (Fsp3) is 1.00. The molecule has 3 saturated heterocycles. The van der Waals surface area contributed by atoms with Crippen LogP contribution < -0.4 is 0 Å². The van der Waals surface area contributed by atoms with E-state index in [9.17, 15) is 0 Å². The molecular formula is C6H10O2. The average Bonchev–Trinajstić information content (AvgIpc) is 2.19. The molecule has 2 nitrogen and oxygen atoms in total. The Kier molecular flexibility index (Phi) is 0.866. The standard InChI is InChI=1S/C6H10O2/c1-2-4-5-3-7-6(4)8-5/h4-6H,2-3H2,1H3. The molecule has 2 bridgehead atoms. The lowest BCUT2D eigenvalue weighted by Crippen LogP contribution is -2.40. The van der Waals surface area contributed by atoms with Crippen molar-refractivity contribution in [3.8, 4) is 0 Å². The Labute approximate surface area is 48.8 Å². The minimum atomic E-state index is 0.171. The summed E-state index contributed by atoms with van der Waals surface area (Å²) in [6, 6.07) is 0. The molecule has 0 amide bonds. The van der Waals surface area contributed by atoms with Gasteiger partial charge in [0, 0.05) is 5.92 Å². The summed E-state index contributed by atoms with van der Waals surface area (Å²) in [6.07, 6.45) is 1.82. The Morgan fingerprint density at radius 2 is 2.50 bits per heavy atom. The van der Waals surface area contributed by atoms with Crippen LogP contribution in [0.1, 0.15) is 13.3 Å². The molecule has 3 fully saturated rings. The zero-order valence-electron chi connectivity index (χ0n) is 4.96. The number of fused-ring (bicyclic) bond motifs is 1. The van der Waals surface area contributed by atoms with E-state index in [4.69, 9.17) is 9.47 Å². The maximum Gasteiger partial charge on any atom is 0.163 e. The van der Waals surface area contributed by atoms with E-state index in [1.165, 1.54) is 6.42 Å². The van der Waals surface area contributed by atoms with Gasteiger partial charge in [-0.25, -0.2) is 0 Å². The van der Waals surface area contributed by atoms with Gasteiger partial charge in [-0.1, -0.05) is 6.92 Å². The van der Waals surface area contributed by atoms with E-state index in [1.54, 1.807) is 0 Å². The molecule has 3 aliphatic rings. The van der Waals surface area contributed by atoms with Crippen LogP contribution in [0.3, 0.4) is 0 Å². The Morgan fingerprint density at radius 3 is 2.75 bits per heavy atom. The molecule has 3 atom stereocenters. The van der Waals surface area contributed by atoms with E-state index in [0.29, 0.717) is 6.10 Å². The van der Waals surface area contributed by atoms with Crippen molar-refractivity contribution in [2.45, 2.75) is 25.7 Å². The van der Waals surface area contributed by atoms with Gasteiger partial charge in [-0.05, 0) is 6.42 Å². The quantitative estimate of drug-likeness (QED) is 0.501. The summed E-state index contributed by atoms with van der Waals surface area (Å²) in [7, 11) is 0. The van der Waals surface area contributed by atoms with Crippen molar-refractivity contribution in [3.63, 3.8) is 0 Å². The Hall–Kier alpha value is -0.0800. The van der Waals surface area contributed by atoms with Crippen molar-refractivity contribution in [3.05, 3.63) is 0 Å². The minimum absolute atomic E-state index is 0.171. The van der Waals surface area contributed by atoms with Crippen LogP contribution in [-0.2, 0) is 9.47 Å². The number of ether oxygens (including phenoxy) is 2. The highest BCUT2D eigenvalue weighted by atomic mass is 16.7. The second-order valence-electron chi connectivity index (χ2n) is 2.45. The molecule has 0 saturated carbocycles. The monoisotopic (exact) mass is 114 g/mol. The zero-order valence-corrected chi connectivity index (χ0v) is 4.96. The molecule has 0 radical (unpaired) electrons. The van der Waals surface area contributed by atoms with Crippen LogP contribution in [0.5, 0.6) is 0 Å². The second-order valence-corrected chi connectivity index (χ2v) is 2.45. The maximum atomic E-state index is 5.23. The van der Waals surface area contributed by atoms with Gasteiger partial charge in [-0.2, -0.15) is 0 Å². The fourth-order valence-electron chi connectivity index (χ4n) is 1.43. The number of hydrogen-bond acceptors (Lipinski definition) is 2. The molecule has 2 heteroatoms. The van der Waals surface area contributed by atoms with E-state index < -0.39 is 0 Å². The summed E-state index contributed by atoms with van der Waals surface area (Å²) < 4.78 is 10.4. The minimum Gasteiger partial charge on any atom is -0.350 e. The fourth-order valence-corrected chi connectivity index (χ4v) is 1.43. The molecule has 3 heterocycles. The molecule has 8 heavy (non-hydrogen) atoms. The highest BCUT2D eigenvalue weighted by Gasteiger charge is 2.48. The first kappa shape index (κ1) is 4.77. The Balaban J connectivity index is 2.02. The summed E-state index contributed by atoms with van der Waals surface area (Å²) >= 11 is 0. The highest BCUT2D eigenvalue weighted by Crippen LogP contribution is 2.38. The van der Waals surface area contributed by atoms with E-state index in [-0.39, 0.29) is 6.29 Å². The predicted octanol–water partition coefficient (Wildman–Crippen LogP) is 0.768. The molecule has 0 spiro atoms. The maximum absolute atomic E-state index is 5.23. The first-order valence-corrected chi connectivity index (χ1v) is 3.19. The molecule has 3 rings (SSSR count). The zero-order chi connectivity index (χ0) is 5.56. The third kappa shape index (κ3) is 0.400. The Bertz CT molecular complexity index is 88.7. The molecule has 0 aromatic rings. The van der Waals surface area contributed by atoms with Crippen LogP contribution in [0, 0.1) is 5.92 Å². The van der Waals surface area contributed by atoms with Crippen molar-refractivity contribution >= 4 is 0 Å². The normalized spacial score (nSPS) is 51.4. The summed E-state index contributed by atoms with van der Waals surface area (Å²) in [4.78, 5) is 0. The summed E-state index contributed by atoms with van der Waals surface area (Å²) in [6.45, 7) is 3.02. The first-order chi connectivity index (χ1) is 3.92. The second kappa shape index (κ2) is 1.45. The van der Waals surface area contributed by atoms with Gasteiger partial charge in [0.2, 0.25) is 0 Å². The average molecular weight is 114 g/mol. The summed E-state index contributed by atoms with van der Waals surface area (Å²) in [5, 5.41) is 0. The lowest BCUT2D eigenvalue weighted by atomic mass is 9.97. The van der Waals surface area contributed by atoms with E-state index >= 15 is 0 Å². The van der Waals surface area contributed by atoms with Gasteiger partial charge in [-0.15, -0.1) is 0 Å². The molecule has 0 aromatic heterocycles. The van der Waals surface area contributed by atoms with Crippen LogP contribution >= 0.6 is 0 Å². The number of hydrogen-bond donors (Lipinski definition) is 0. The van der Waals surface area contributed by atoms with Crippen molar-refractivity contribution in [2.75, 3.05) is 6.61 Å². The highest BCUT2D eigenvalue weighted by molar-refractivity contribution is 4.87. The third-order valence-electron chi connectivity index (χ3n) is 2.03. The summed E-state index contributed by atoms with van der Waals surface area (Å²) in [5.74, 6) is 0.718. The van der Waals surface area contributed by atoms with Gasteiger partial charge in [0.1, 0.15) is 0 Å². The molecular weight excluding hydrogens is 104 g/mol. The van der Waals surface area contributed by atoms with Gasteiger partial charge < -0.3 is 9.47 Å². The van der Waals surface area contributed by atoms with Gasteiger partial charge >= 0.3 is 0 Å². The smallest absolute Gasteiger partial charge is 0.163 e. The third-order valence-corrected chi connectivity index (χ3v) is 2.03. The molecule has 3 aliphatic heterocycles. The predicted molar refractivity (Wildman–Crippen MR) is 28.4 cm³/mol. The van der Waals surface area contributed by atoms with Crippen LogP contribution in [0.4, 0.5) is 0 Å². The lowest BCUT2D eigenvalue weighted by Gasteiger charge is -2.31. The van der Waals surface area contributed by atoms with Gasteiger partial charge in [0.05, 0.1) is 12.7 Å². The molecule has 0 N–H and O–H groups in total. The van der Waals surface area contributed by atoms with Gasteiger partial charge in [-0.3, -0.25) is 0 Å². The molecule has 0 aliphatic carbocycles. The van der Waals surface area contributed by atoms with Crippen molar-refractivity contribution in [1.82, 2.24) is 0 Å². The molecule has 3 unspecified atom stereocenters. The van der Waals surface area contributed by atoms with E-state index in [0.717, 1.165) is 12.5 Å². The van der Waals surface area contributed by atoms with Crippen molar-refractivity contribution < 1.29 is 9.47 Å². The van der Waals surface area contributed by atoms with E-state index in [1.807, 2.05) is 0 Å². The van der Waals surface area contributed by atoms with Crippen LogP contribution in [0.25, 0.3) is 0 Å². The van der Waals surface area contributed by atoms with Crippen molar-refractivity contribution in [1.29, 1.82) is 0 Å². The molecule has 46 valence electrons. The van der Waals surface area contributed by atoms with Crippen molar-refractivity contribution in [2.24, 2.45) is 5.92 Å². The SMILES string of the molecule is CCC1C2COC1O2. The Morgan fingerprint density at radius 1 is 1.62 bits per heavy atom. The summed E-state index contributed by atoms with van der Waals surface area (Å²) in [5.41, 5.74) is 0. The van der Waals surface area contributed by atoms with Crippen LogP contribution in [-0.4, -0.2) is 19.0 Å². The van der Waals surface area contributed by atoms with Crippen LogP contribution in [0.15, 0.2) is 0 Å². The van der Waals surface area contributed by atoms with Gasteiger partial charge in [0.25, 0.3) is 0 Å². The molecule has 0 aromatic carbocycles. The largest absolute Gasteiger partial charge is 0.350 e. The van der Waals surface area contributed by atoms with Crippen LogP contribution in [0.2, 0.25) is 0 Å². The first-order valence-electron chi connectivity index (χ1n) is 3.19. The number of rotatable bonds is 1. The topological polar surface area (TPSA) is 18.5 Å².